The summed E-state index contributed by atoms with van der Waals surface area (Å²) in [5.41, 5.74) is -0.418. The molecule has 1 N–H and O–H groups in total. The first-order chi connectivity index (χ1) is 5.76. The maximum Gasteiger partial charge on any atom is 0.310 e. The van der Waals surface area contributed by atoms with Crippen molar-refractivity contribution >= 4 is 5.97 Å². The molecule has 3 heteroatoms. The Kier molecular flexibility index (Phi) is 1.83. The lowest BCUT2D eigenvalue weighted by molar-refractivity contribution is -0.156. The fourth-order valence-corrected chi connectivity index (χ4v) is 2.17. The lowest BCUT2D eigenvalue weighted by atomic mass is 9.76. The second-order valence-electron chi connectivity index (χ2n) is 3.85. The first kappa shape index (κ1) is 8.05. The summed E-state index contributed by atoms with van der Waals surface area (Å²) >= 11 is 0. The molecule has 2 rings (SSSR count). The molecule has 1 saturated carbocycles. The smallest absolute Gasteiger partial charge is 0.310 e. The molecule has 2 aliphatic rings. The minimum atomic E-state index is -0.603. The normalized spacial score (nSPS) is 28.3. The van der Waals surface area contributed by atoms with Gasteiger partial charge in [-0.25, -0.2) is 0 Å². The molecule has 0 unspecified atom stereocenters. The maximum absolute atomic E-state index is 11.1. The zero-order valence-electron chi connectivity index (χ0n) is 7.08. The highest BCUT2D eigenvalue weighted by atomic mass is 16.5. The molecule has 1 aliphatic heterocycles. The van der Waals surface area contributed by atoms with Crippen LogP contribution in [0.3, 0.4) is 0 Å². The van der Waals surface area contributed by atoms with Crippen LogP contribution >= 0.6 is 0 Å². The third kappa shape index (κ3) is 1.12. The number of hydrogen-bond acceptors (Lipinski definition) is 2. The fraction of sp³-hybridized carbons (Fsp3) is 0.889. The van der Waals surface area contributed by atoms with Gasteiger partial charge in [-0.15, -0.1) is 0 Å². The Morgan fingerprint density at radius 1 is 1.33 bits per heavy atom. The van der Waals surface area contributed by atoms with Gasteiger partial charge in [-0.2, -0.15) is 0 Å². The van der Waals surface area contributed by atoms with Gasteiger partial charge in [-0.05, 0) is 31.6 Å². The minimum Gasteiger partial charge on any atom is -0.481 e. The number of ether oxygens (including phenoxy) is 1. The number of carboxylic acid groups (broad SMARTS) is 1. The van der Waals surface area contributed by atoms with Gasteiger partial charge in [-0.3, -0.25) is 4.79 Å². The van der Waals surface area contributed by atoms with Crippen LogP contribution in [0, 0.1) is 11.3 Å². The van der Waals surface area contributed by atoms with E-state index in [2.05, 4.69) is 0 Å². The molecular weight excluding hydrogens is 156 g/mol. The van der Waals surface area contributed by atoms with Gasteiger partial charge in [0.1, 0.15) is 0 Å². The van der Waals surface area contributed by atoms with Crippen molar-refractivity contribution in [1.29, 1.82) is 0 Å². The first-order valence-corrected chi connectivity index (χ1v) is 4.57. The third-order valence-electron chi connectivity index (χ3n) is 3.17. The van der Waals surface area contributed by atoms with Gasteiger partial charge in [-0.1, -0.05) is 0 Å². The lowest BCUT2D eigenvalue weighted by Gasteiger charge is -2.33. The van der Waals surface area contributed by atoms with Gasteiger partial charge in [0, 0.05) is 13.2 Å². The first-order valence-electron chi connectivity index (χ1n) is 4.57. The van der Waals surface area contributed by atoms with Crippen LogP contribution in [-0.2, 0) is 9.53 Å². The Balaban J connectivity index is 2.13. The highest BCUT2D eigenvalue weighted by molar-refractivity contribution is 5.75. The molecule has 1 heterocycles. The summed E-state index contributed by atoms with van der Waals surface area (Å²) in [5, 5.41) is 9.14. The molecule has 0 aromatic heterocycles. The van der Waals surface area contributed by atoms with Crippen molar-refractivity contribution in [2.24, 2.45) is 11.3 Å². The van der Waals surface area contributed by atoms with E-state index in [0.29, 0.717) is 32.0 Å². The summed E-state index contributed by atoms with van der Waals surface area (Å²) in [6, 6.07) is 0. The molecule has 0 bridgehead atoms. The molecule has 3 nitrogen and oxygen atoms in total. The summed E-state index contributed by atoms with van der Waals surface area (Å²) < 4.78 is 5.19. The minimum absolute atomic E-state index is 0.418. The van der Waals surface area contributed by atoms with E-state index in [1.807, 2.05) is 0 Å². The molecule has 0 atom stereocenters. The van der Waals surface area contributed by atoms with Crippen molar-refractivity contribution in [2.45, 2.75) is 25.7 Å². The van der Waals surface area contributed by atoms with Crippen molar-refractivity contribution < 1.29 is 14.6 Å². The van der Waals surface area contributed by atoms with Gasteiger partial charge in [0.2, 0.25) is 0 Å². The summed E-state index contributed by atoms with van der Waals surface area (Å²) in [6.45, 7) is 1.26. The van der Waals surface area contributed by atoms with E-state index < -0.39 is 11.4 Å². The van der Waals surface area contributed by atoms with Crippen LogP contribution in [0.1, 0.15) is 25.7 Å². The molecular formula is C9H14O3. The fourth-order valence-electron chi connectivity index (χ4n) is 2.17. The lowest BCUT2D eigenvalue weighted by Crippen LogP contribution is -2.39. The Hall–Kier alpha value is -0.570. The SMILES string of the molecule is O=C(O)C1(C2CC2)CCOCC1. The van der Waals surface area contributed by atoms with Crippen molar-refractivity contribution in [1.82, 2.24) is 0 Å². The quantitative estimate of drug-likeness (QED) is 0.679. The van der Waals surface area contributed by atoms with E-state index in [1.54, 1.807) is 0 Å². The van der Waals surface area contributed by atoms with E-state index in [-0.39, 0.29) is 0 Å². The molecule has 1 aliphatic carbocycles. The van der Waals surface area contributed by atoms with Gasteiger partial charge in [0.15, 0.2) is 0 Å². The van der Waals surface area contributed by atoms with Gasteiger partial charge >= 0.3 is 5.97 Å². The Bertz CT molecular complexity index is 190. The van der Waals surface area contributed by atoms with Crippen LogP contribution in [0.2, 0.25) is 0 Å². The summed E-state index contributed by atoms with van der Waals surface area (Å²) in [7, 11) is 0. The van der Waals surface area contributed by atoms with Crippen LogP contribution in [0.25, 0.3) is 0 Å². The van der Waals surface area contributed by atoms with Gasteiger partial charge < -0.3 is 9.84 Å². The third-order valence-corrected chi connectivity index (χ3v) is 3.17. The van der Waals surface area contributed by atoms with Crippen LogP contribution in [0.4, 0.5) is 0 Å². The predicted octanol–water partition coefficient (Wildman–Crippen LogP) is 1.28. The maximum atomic E-state index is 11.1. The van der Waals surface area contributed by atoms with E-state index >= 15 is 0 Å². The largest absolute Gasteiger partial charge is 0.481 e. The number of rotatable bonds is 2. The van der Waals surface area contributed by atoms with E-state index in [4.69, 9.17) is 9.84 Å². The van der Waals surface area contributed by atoms with E-state index in [9.17, 15) is 4.79 Å². The second-order valence-corrected chi connectivity index (χ2v) is 3.85. The zero-order valence-corrected chi connectivity index (χ0v) is 7.08. The molecule has 0 radical (unpaired) electrons. The van der Waals surface area contributed by atoms with Crippen LogP contribution < -0.4 is 0 Å². The van der Waals surface area contributed by atoms with Crippen LogP contribution in [0.15, 0.2) is 0 Å². The molecule has 12 heavy (non-hydrogen) atoms. The molecule has 68 valence electrons. The number of carbonyl (C=O) groups is 1. The highest BCUT2D eigenvalue weighted by Gasteiger charge is 2.51. The molecule has 0 aromatic rings. The summed E-state index contributed by atoms with van der Waals surface area (Å²) in [4.78, 5) is 11.1. The zero-order chi connectivity index (χ0) is 8.60. The second kappa shape index (κ2) is 2.73. The monoisotopic (exact) mass is 170 g/mol. The average Bonchev–Trinajstić information content (AvgIpc) is 2.88. The average molecular weight is 170 g/mol. The number of carboxylic acids is 1. The van der Waals surface area contributed by atoms with Crippen molar-refractivity contribution in [3.8, 4) is 0 Å². The molecule has 0 spiro atoms. The summed E-state index contributed by atoms with van der Waals surface area (Å²) in [5.74, 6) is -0.160. The van der Waals surface area contributed by atoms with E-state index in [1.165, 1.54) is 0 Å². The molecule has 0 aromatic carbocycles. The number of hydrogen-bond donors (Lipinski definition) is 1. The molecule has 0 amide bonds. The van der Waals surface area contributed by atoms with Crippen molar-refractivity contribution in [3.63, 3.8) is 0 Å². The predicted molar refractivity (Wildman–Crippen MR) is 42.8 cm³/mol. The molecule has 2 fully saturated rings. The van der Waals surface area contributed by atoms with E-state index in [0.717, 1.165) is 12.8 Å². The van der Waals surface area contributed by atoms with Crippen LogP contribution in [-0.4, -0.2) is 24.3 Å². The van der Waals surface area contributed by atoms with Crippen molar-refractivity contribution in [2.75, 3.05) is 13.2 Å². The topological polar surface area (TPSA) is 46.5 Å². The van der Waals surface area contributed by atoms with Gasteiger partial charge in [0.05, 0.1) is 5.41 Å². The van der Waals surface area contributed by atoms with Gasteiger partial charge in [0.25, 0.3) is 0 Å². The Morgan fingerprint density at radius 2 is 1.92 bits per heavy atom. The standard InChI is InChI=1S/C9H14O3/c10-8(11)9(7-1-2-7)3-5-12-6-4-9/h7H,1-6H2,(H,10,11). The highest BCUT2D eigenvalue weighted by Crippen LogP contribution is 2.51. The van der Waals surface area contributed by atoms with Crippen molar-refractivity contribution in [3.05, 3.63) is 0 Å². The molecule has 1 saturated heterocycles. The summed E-state index contributed by atoms with van der Waals surface area (Å²) in [6.07, 6.45) is 3.64. The van der Waals surface area contributed by atoms with Crippen LogP contribution in [0.5, 0.6) is 0 Å². The Labute approximate surface area is 71.7 Å². The Morgan fingerprint density at radius 3 is 2.33 bits per heavy atom. The number of aliphatic carboxylic acids is 1.